The monoisotopic (exact) mass is 602 g/mol. The molecule has 2 aromatic heterocycles. The molecule has 0 saturated carbocycles. The van der Waals surface area contributed by atoms with Crippen LogP contribution in [0, 0.1) is 20.8 Å². The van der Waals surface area contributed by atoms with Gasteiger partial charge in [-0.25, -0.2) is 19.9 Å². The van der Waals surface area contributed by atoms with Gasteiger partial charge >= 0.3 is 0 Å². The number of phenols is 2. The van der Waals surface area contributed by atoms with Gasteiger partial charge in [-0.3, -0.25) is 0 Å². The van der Waals surface area contributed by atoms with Gasteiger partial charge in [0, 0.05) is 57.2 Å². The number of hydrogen-bond acceptors (Lipinski definition) is 10. The summed E-state index contributed by atoms with van der Waals surface area (Å²) in [6.07, 6.45) is 3.54. The predicted octanol–water partition coefficient (Wildman–Crippen LogP) is 5.61. The van der Waals surface area contributed by atoms with Crippen LogP contribution in [-0.2, 0) is 0 Å². The van der Waals surface area contributed by atoms with Crippen molar-refractivity contribution in [1.82, 2.24) is 19.9 Å². The maximum atomic E-state index is 10.1. The highest BCUT2D eigenvalue weighted by Gasteiger charge is 2.14. The fourth-order valence-electron chi connectivity index (χ4n) is 4.37. The quantitative estimate of drug-likeness (QED) is 0.180. The maximum absolute atomic E-state index is 10.1. The first-order valence-corrected chi connectivity index (χ1v) is 14.6. The van der Waals surface area contributed by atoms with Crippen molar-refractivity contribution in [1.29, 1.82) is 0 Å². The standard InChI is InChI=1S/C17H24N4O.C16H22N4O.CH4/c1-5-13(18)10-21(4)16-9-12(3)19-17(20-16)14-8-11(2)6-7-15(14)22;1-4-12(17)10-20(3)15-7-8-18-16(19-15)13-9-11(2)5-6-14(13)21;/h6-9,13,22H,5,10,18H2,1-4H3;5-9,12,21H,4,10,17H2,1-3H3;1H4/t13-;12-;/m11./s1. The summed E-state index contributed by atoms with van der Waals surface area (Å²) >= 11 is 0. The summed E-state index contributed by atoms with van der Waals surface area (Å²) in [5.41, 5.74) is 16.3. The van der Waals surface area contributed by atoms with Crippen LogP contribution in [0.4, 0.5) is 11.6 Å². The molecule has 10 nitrogen and oxygen atoms in total. The molecule has 4 rings (SSSR count). The average molecular weight is 603 g/mol. The highest BCUT2D eigenvalue weighted by Crippen LogP contribution is 2.29. The number of aromatic hydroxyl groups is 2. The number of hydrogen-bond donors (Lipinski definition) is 4. The third kappa shape index (κ3) is 9.89. The number of aromatic nitrogens is 4. The van der Waals surface area contributed by atoms with Crippen LogP contribution >= 0.6 is 0 Å². The summed E-state index contributed by atoms with van der Waals surface area (Å²) < 4.78 is 0. The Bertz CT molecular complexity index is 1500. The molecule has 2 atom stereocenters. The molecule has 6 N–H and O–H groups in total. The largest absolute Gasteiger partial charge is 0.507 e. The number of nitrogens with two attached hydrogens (primary N) is 2. The van der Waals surface area contributed by atoms with E-state index in [2.05, 4.69) is 33.8 Å². The maximum Gasteiger partial charge on any atom is 0.165 e. The van der Waals surface area contributed by atoms with Gasteiger partial charge < -0.3 is 31.5 Å². The Balaban J connectivity index is 0.000000300. The number of likely N-dealkylation sites (N-methyl/N-ethyl adjacent to an activating group) is 2. The second-order valence-corrected chi connectivity index (χ2v) is 11.1. The minimum Gasteiger partial charge on any atom is -0.507 e. The van der Waals surface area contributed by atoms with Gasteiger partial charge in [-0.15, -0.1) is 0 Å². The van der Waals surface area contributed by atoms with Crippen LogP contribution in [0.25, 0.3) is 22.8 Å². The Kier molecular flexibility index (Phi) is 13.5. The zero-order valence-corrected chi connectivity index (χ0v) is 26.4. The van der Waals surface area contributed by atoms with Gasteiger partial charge in [0.25, 0.3) is 0 Å². The highest BCUT2D eigenvalue weighted by molar-refractivity contribution is 5.67. The molecule has 4 aromatic rings. The molecular formula is C34H50N8O2. The molecule has 0 aliphatic rings. The topological polar surface area (TPSA) is 151 Å². The van der Waals surface area contributed by atoms with E-state index in [4.69, 9.17) is 11.5 Å². The normalized spacial score (nSPS) is 11.9. The van der Waals surface area contributed by atoms with E-state index in [1.165, 1.54) is 0 Å². The molecule has 238 valence electrons. The van der Waals surface area contributed by atoms with Gasteiger partial charge in [-0.05, 0) is 63.9 Å². The lowest BCUT2D eigenvalue weighted by molar-refractivity contribution is 0.476. The fraction of sp³-hybridized carbons (Fsp3) is 0.412. The lowest BCUT2D eigenvalue weighted by atomic mass is 10.1. The zero-order chi connectivity index (χ0) is 31.7. The van der Waals surface area contributed by atoms with Crippen LogP contribution in [0.15, 0.2) is 54.7 Å². The van der Waals surface area contributed by atoms with Gasteiger partial charge in [0.05, 0.1) is 11.1 Å². The SMILES string of the molecule is C.CC[C@@H](N)CN(C)c1cc(C)nc(-c2cc(C)ccc2O)n1.CC[C@@H](N)CN(C)c1ccnc(-c2cc(C)ccc2O)n1. The van der Waals surface area contributed by atoms with Gasteiger partial charge in [-0.2, -0.15) is 0 Å². The van der Waals surface area contributed by atoms with E-state index in [0.717, 1.165) is 54.4 Å². The smallest absolute Gasteiger partial charge is 0.165 e. The van der Waals surface area contributed by atoms with Crippen molar-refractivity contribution in [2.45, 2.75) is 67.0 Å². The number of benzene rings is 2. The van der Waals surface area contributed by atoms with Crippen molar-refractivity contribution in [3.05, 3.63) is 71.5 Å². The molecule has 0 fully saturated rings. The lowest BCUT2D eigenvalue weighted by Crippen LogP contribution is -2.35. The number of rotatable bonds is 10. The molecular weight excluding hydrogens is 552 g/mol. The van der Waals surface area contributed by atoms with Gasteiger partial charge in [0.2, 0.25) is 0 Å². The van der Waals surface area contributed by atoms with Crippen molar-refractivity contribution in [3.8, 4) is 34.3 Å². The Hall–Kier alpha value is -4.28. The van der Waals surface area contributed by atoms with Gasteiger partial charge in [0.15, 0.2) is 11.6 Å². The molecule has 44 heavy (non-hydrogen) atoms. The molecule has 10 heteroatoms. The molecule has 0 spiro atoms. The molecule has 0 unspecified atom stereocenters. The lowest BCUT2D eigenvalue weighted by Gasteiger charge is -2.22. The van der Waals surface area contributed by atoms with E-state index < -0.39 is 0 Å². The van der Waals surface area contributed by atoms with Crippen LogP contribution < -0.4 is 21.3 Å². The Labute approximate surface area is 262 Å². The predicted molar refractivity (Wildman–Crippen MR) is 182 cm³/mol. The average Bonchev–Trinajstić information content (AvgIpc) is 2.99. The van der Waals surface area contributed by atoms with Crippen LogP contribution in [0.1, 0.15) is 50.9 Å². The van der Waals surface area contributed by atoms with Crippen molar-refractivity contribution in [3.63, 3.8) is 0 Å². The van der Waals surface area contributed by atoms with Crippen molar-refractivity contribution in [2.24, 2.45) is 11.5 Å². The summed E-state index contributed by atoms with van der Waals surface area (Å²) in [4.78, 5) is 21.9. The third-order valence-electron chi connectivity index (χ3n) is 7.12. The van der Waals surface area contributed by atoms with E-state index in [0.29, 0.717) is 22.8 Å². The van der Waals surface area contributed by atoms with Crippen LogP contribution in [0.3, 0.4) is 0 Å². The Morgan fingerprint density at radius 1 is 0.682 bits per heavy atom. The Morgan fingerprint density at radius 3 is 1.68 bits per heavy atom. The Morgan fingerprint density at radius 2 is 1.16 bits per heavy atom. The molecule has 0 saturated heterocycles. The summed E-state index contributed by atoms with van der Waals surface area (Å²) in [7, 11) is 3.93. The number of aryl methyl sites for hydroxylation is 3. The number of anilines is 2. The molecule has 0 amide bonds. The van der Waals surface area contributed by atoms with E-state index in [1.807, 2.05) is 81.1 Å². The first-order valence-electron chi connectivity index (χ1n) is 14.6. The summed E-state index contributed by atoms with van der Waals surface area (Å²) in [5.74, 6) is 3.04. The van der Waals surface area contributed by atoms with Crippen molar-refractivity contribution >= 4 is 11.6 Å². The summed E-state index contributed by atoms with van der Waals surface area (Å²) in [5, 5.41) is 20.1. The second kappa shape index (κ2) is 16.5. The van der Waals surface area contributed by atoms with Crippen molar-refractivity contribution < 1.29 is 10.2 Å². The molecule has 0 radical (unpaired) electrons. The number of nitrogens with zero attached hydrogens (tertiary/aromatic N) is 6. The minimum atomic E-state index is 0. The first kappa shape index (κ1) is 35.9. The summed E-state index contributed by atoms with van der Waals surface area (Å²) in [6.45, 7) is 11.5. The van der Waals surface area contributed by atoms with E-state index in [9.17, 15) is 10.2 Å². The van der Waals surface area contributed by atoms with Crippen molar-refractivity contribution in [2.75, 3.05) is 37.0 Å². The van der Waals surface area contributed by atoms with Crippen LogP contribution in [-0.4, -0.2) is 69.4 Å². The first-order chi connectivity index (χ1) is 20.4. The molecule has 0 aliphatic carbocycles. The molecule has 2 aromatic carbocycles. The van der Waals surface area contributed by atoms with Gasteiger partial charge in [0.1, 0.15) is 23.1 Å². The molecule has 0 bridgehead atoms. The second-order valence-electron chi connectivity index (χ2n) is 11.1. The van der Waals surface area contributed by atoms with E-state index in [1.54, 1.807) is 18.3 Å². The van der Waals surface area contributed by atoms with Gasteiger partial charge in [-0.1, -0.05) is 44.5 Å². The summed E-state index contributed by atoms with van der Waals surface area (Å²) in [6, 6.07) is 14.8. The van der Waals surface area contributed by atoms with Crippen LogP contribution in [0.5, 0.6) is 11.5 Å². The number of phenolic OH excluding ortho intramolecular Hbond substituents is 2. The minimum absolute atomic E-state index is 0. The third-order valence-corrected chi connectivity index (χ3v) is 7.12. The van der Waals surface area contributed by atoms with E-state index in [-0.39, 0.29) is 31.0 Å². The van der Waals surface area contributed by atoms with Crippen LogP contribution in [0.2, 0.25) is 0 Å². The zero-order valence-electron chi connectivity index (χ0n) is 26.4. The van der Waals surface area contributed by atoms with E-state index >= 15 is 0 Å². The highest BCUT2D eigenvalue weighted by atomic mass is 16.3. The molecule has 2 heterocycles. The molecule has 0 aliphatic heterocycles. The fourth-order valence-corrected chi connectivity index (χ4v) is 4.37.